The Morgan fingerprint density at radius 2 is 1.85 bits per heavy atom. The summed E-state index contributed by atoms with van der Waals surface area (Å²) in [5.41, 5.74) is 2.12. The van der Waals surface area contributed by atoms with E-state index in [1.165, 1.54) is 24.8 Å². The van der Waals surface area contributed by atoms with Crippen molar-refractivity contribution < 1.29 is 18.7 Å². The van der Waals surface area contributed by atoms with Crippen LogP contribution in [0.1, 0.15) is 22.3 Å². The fourth-order valence-electron chi connectivity index (χ4n) is 3.49. The predicted molar refractivity (Wildman–Crippen MR) is 127 cm³/mol. The molecular weight excluding hydrogens is 443 g/mol. The maximum Gasteiger partial charge on any atom is 0.255 e. The van der Waals surface area contributed by atoms with Crippen LogP contribution in [0.5, 0.6) is 17.2 Å². The number of aromatic nitrogens is 1. The van der Waals surface area contributed by atoms with E-state index in [4.69, 9.17) is 21.1 Å². The van der Waals surface area contributed by atoms with Gasteiger partial charge in [-0.3, -0.25) is 9.78 Å². The van der Waals surface area contributed by atoms with Crippen LogP contribution in [0.2, 0.25) is 5.02 Å². The summed E-state index contributed by atoms with van der Waals surface area (Å²) in [4.78, 5) is 17.2. The lowest BCUT2D eigenvalue weighted by molar-refractivity contribution is 0.0950. The first-order chi connectivity index (χ1) is 16.0. The molecule has 0 fully saturated rings. The van der Waals surface area contributed by atoms with E-state index in [0.29, 0.717) is 34.5 Å². The Balaban J connectivity index is 1.55. The number of nitrogens with zero attached hydrogens (tertiary/aromatic N) is 1. The van der Waals surface area contributed by atoms with E-state index < -0.39 is 5.82 Å². The largest absolute Gasteiger partial charge is 0.496 e. The Hall–Kier alpha value is -3.64. The molecule has 1 heterocycles. The molecule has 0 aliphatic heterocycles. The molecule has 5 nitrogen and oxygen atoms in total. The third kappa shape index (κ3) is 5.41. The molecule has 1 amide bonds. The summed E-state index contributed by atoms with van der Waals surface area (Å²) < 4.78 is 25.5. The van der Waals surface area contributed by atoms with Crippen molar-refractivity contribution in [1.82, 2.24) is 10.3 Å². The quantitative estimate of drug-likeness (QED) is 0.316. The molecule has 0 aliphatic carbocycles. The number of hydrogen-bond donors (Lipinski definition) is 1. The zero-order chi connectivity index (χ0) is 23.2. The molecule has 3 aromatic carbocycles. The normalized spacial score (nSPS) is 10.8. The van der Waals surface area contributed by atoms with Crippen molar-refractivity contribution in [2.24, 2.45) is 0 Å². The van der Waals surface area contributed by atoms with E-state index in [0.717, 1.165) is 12.8 Å². The molecule has 0 unspecified atom stereocenters. The summed E-state index contributed by atoms with van der Waals surface area (Å²) in [6.07, 6.45) is 3.22. The van der Waals surface area contributed by atoms with Gasteiger partial charge in [-0.25, -0.2) is 4.39 Å². The highest BCUT2D eigenvalue weighted by Gasteiger charge is 2.17. The minimum atomic E-state index is -0.586. The van der Waals surface area contributed by atoms with Crippen LogP contribution in [0.15, 0.2) is 72.9 Å². The molecule has 0 saturated carbocycles. The van der Waals surface area contributed by atoms with Crippen LogP contribution in [0.25, 0.3) is 10.9 Å². The molecule has 0 spiro atoms. The Kier molecular flexibility index (Phi) is 7.05. The molecule has 4 aromatic rings. The van der Waals surface area contributed by atoms with Crippen LogP contribution < -0.4 is 14.8 Å². The fraction of sp³-hybridized carbons (Fsp3) is 0.154. The van der Waals surface area contributed by atoms with Gasteiger partial charge in [-0.05, 0) is 48.7 Å². The molecule has 0 aliphatic rings. The summed E-state index contributed by atoms with van der Waals surface area (Å²) in [7, 11) is 1.50. The average Bonchev–Trinajstić information content (AvgIpc) is 2.83. The first-order valence-electron chi connectivity index (χ1n) is 10.5. The van der Waals surface area contributed by atoms with Crippen LogP contribution in [0.4, 0.5) is 4.39 Å². The van der Waals surface area contributed by atoms with Gasteiger partial charge in [0.15, 0.2) is 11.6 Å². The molecule has 1 aromatic heterocycles. The molecule has 0 atom stereocenters. The van der Waals surface area contributed by atoms with Crippen LogP contribution in [0.3, 0.4) is 0 Å². The average molecular weight is 465 g/mol. The molecule has 33 heavy (non-hydrogen) atoms. The number of benzene rings is 3. The standard InChI is InChI=1S/C26H22ClFN2O3/c1-32-25-16-22-19(23(11-13-29-22)33-24-10-9-18(27)14-21(24)28)15-20(25)26(31)30-12-5-8-17-6-3-2-4-7-17/h2-4,6-7,9-11,13-16H,5,8,12H2,1H3,(H,30,31). The summed E-state index contributed by atoms with van der Waals surface area (Å²) in [6.45, 7) is 0.515. The summed E-state index contributed by atoms with van der Waals surface area (Å²) >= 11 is 5.83. The summed E-state index contributed by atoms with van der Waals surface area (Å²) in [5.74, 6) is -0.0753. The minimum absolute atomic E-state index is 0.0228. The van der Waals surface area contributed by atoms with Gasteiger partial charge in [0.25, 0.3) is 5.91 Å². The molecule has 7 heteroatoms. The van der Waals surface area contributed by atoms with Crippen molar-refractivity contribution in [2.45, 2.75) is 12.8 Å². The molecule has 1 N–H and O–H groups in total. The van der Waals surface area contributed by atoms with Crippen LogP contribution >= 0.6 is 11.6 Å². The van der Waals surface area contributed by atoms with E-state index in [-0.39, 0.29) is 16.7 Å². The first kappa shape index (κ1) is 22.6. The number of carbonyl (C=O) groups is 1. The van der Waals surface area contributed by atoms with Crippen LogP contribution in [0, 0.1) is 5.82 Å². The van der Waals surface area contributed by atoms with Crippen molar-refractivity contribution in [1.29, 1.82) is 0 Å². The Labute approximate surface area is 196 Å². The number of rotatable bonds is 8. The number of hydrogen-bond acceptors (Lipinski definition) is 4. The highest BCUT2D eigenvalue weighted by molar-refractivity contribution is 6.30. The van der Waals surface area contributed by atoms with E-state index >= 15 is 0 Å². The lowest BCUT2D eigenvalue weighted by atomic mass is 10.1. The van der Waals surface area contributed by atoms with Gasteiger partial charge in [-0.15, -0.1) is 0 Å². The Bertz CT molecular complexity index is 1280. The minimum Gasteiger partial charge on any atom is -0.496 e. The topological polar surface area (TPSA) is 60.5 Å². The SMILES string of the molecule is COc1cc2nccc(Oc3ccc(Cl)cc3F)c2cc1C(=O)NCCCc1ccccc1. The number of aryl methyl sites for hydroxylation is 1. The molecule has 0 radical (unpaired) electrons. The van der Waals surface area contributed by atoms with Crippen LogP contribution in [-0.2, 0) is 6.42 Å². The van der Waals surface area contributed by atoms with Crippen molar-refractivity contribution >= 4 is 28.4 Å². The van der Waals surface area contributed by atoms with E-state index in [1.807, 2.05) is 18.2 Å². The van der Waals surface area contributed by atoms with Gasteiger partial charge in [0.05, 0.1) is 18.2 Å². The van der Waals surface area contributed by atoms with Crippen molar-refractivity contribution in [2.75, 3.05) is 13.7 Å². The number of pyridine rings is 1. The number of carbonyl (C=O) groups excluding carboxylic acids is 1. The first-order valence-corrected chi connectivity index (χ1v) is 10.8. The molecule has 0 saturated heterocycles. The van der Waals surface area contributed by atoms with E-state index in [1.54, 1.807) is 30.5 Å². The third-order valence-corrected chi connectivity index (χ3v) is 5.39. The molecule has 0 bridgehead atoms. The third-order valence-electron chi connectivity index (χ3n) is 5.15. The summed E-state index contributed by atoms with van der Waals surface area (Å²) in [5, 5.41) is 3.77. The monoisotopic (exact) mass is 464 g/mol. The van der Waals surface area contributed by atoms with Gasteiger partial charge in [-0.2, -0.15) is 0 Å². The maximum atomic E-state index is 14.2. The second kappa shape index (κ2) is 10.3. The van der Waals surface area contributed by atoms with Gasteiger partial charge in [-0.1, -0.05) is 41.9 Å². The molecule has 4 rings (SSSR count). The second-order valence-corrected chi connectivity index (χ2v) is 7.84. The van der Waals surface area contributed by atoms with Gasteiger partial charge < -0.3 is 14.8 Å². The zero-order valence-electron chi connectivity index (χ0n) is 18.0. The number of amides is 1. The Morgan fingerprint density at radius 3 is 2.61 bits per heavy atom. The number of fused-ring (bicyclic) bond motifs is 1. The van der Waals surface area contributed by atoms with Gasteiger partial charge in [0.1, 0.15) is 11.5 Å². The highest BCUT2D eigenvalue weighted by atomic mass is 35.5. The van der Waals surface area contributed by atoms with Gasteiger partial charge in [0.2, 0.25) is 0 Å². The van der Waals surface area contributed by atoms with Crippen LogP contribution in [-0.4, -0.2) is 24.5 Å². The molecular formula is C26H22ClFN2O3. The van der Waals surface area contributed by atoms with E-state index in [2.05, 4.69) is 22.4 Å². The van der Waals surface area contributed by atoms with Crippen molar-refractivity contribution in [3.63, 3.8) is 0 Å². The van der Waals surface area contributed by atoms with Crippen molar-refractivity contribution in [3.05, 3.63) is 94.9 Å². The zero-order valence-corrected chi connectivity index (χ0v) is 18.7. The van der Waals surface area contributed by atoms with Crippen molar-refractivity contribution in [3.8, 4) is 17.2 Å². The maximum absolute atomic E-state index is 14.2. The number of nitrogens with one attached hydrogen (secondary N) is 1. The number of halogens is 2. The van der Waals surface area contributed by atoms with Gasteiger partial charge in [0, 0.05) is 29.2 Å². The van der Waals surface area contributed by atoms with E-state index in [9.17, 15) is 9.18 Å². The Morgan fingerprint density at radius 1 is 1.03 bits per heavy atom. The smallest absolute Gasteiger partial charge is 0.255 e. The van der Waals surface area contributed by atoms with Gasteiger partial charge >= 0.3 is 0 Å². The second-order valence-electron chi connectivity index (χ2n) is 7.40. The molecule has 168 valence electrons. The number of methoxy groups -OCH3 is 1. The fourth-order valence-corrected chi connectivity index (χ4v) is 3.65. The predicted octanol–water partition coefficient (Wildman–Crippen LogP) is 6.19. The highest BCUT2D eigenvalue weighted by Crippen LogP contribution is 2.34. The summed E-state index contributed by atoms with van der Waals surface area (Å²) in [6, 6.07) is 19.2. The lowest BCUT2D eigenvalue weighted by Crippen LogP contribution is -2.25. The lowest BCUT2D eigenvalue weighted by Gasteiger charge is -2.13. The number of ether oxygens (including phenoxy) is 2.